The van der Waals surface area contributed by atoms with Crippen molar-refractivity contribution >= 4 is 81.3 Å². The molecule has 0 spiro atoms. The molecule has 0 aliphatic heterocycles. The van der Waals surface area contributed by atoms with Crippen molar-refractivity contribution in [3.05, 3.63) is 200 Å². The van der Waals surface area contributed by atoms with Crippen LogP contribution in [0, 0.1) is 0 Å². The third-order valence-electron chi connectivity index (χ3n) is 10.9. The average Bonchev–Trinajstić information content (AvgIpc) is 3.83. The number of hydrogen-bond donors (Lipinski definition) is 0. The van der Waals surface area contributed by atoms with E-state index in [0.717, 1.165) is 55.5 Å². The first kappa shape index (κ1) is 31.6. The minimum absolute atomic E-state index is 0.897. The Morgan fingerprint density at radius 1 is 0.364 bits per heavy atom. The van der Waals surface area contributed by atoms with E-state index < -0.39 is 0 Å². The zero-order valence-corrected chi connectivity index (χ0v) is 30.6. The summed E-state index contributed by atoms with van der Waals surface area (Å²) < 4.78 is 9.18. The maximum absolute atomic E-state index is 6.58. The molecule has 0 aliphatic rings. The van der Waals surface area contributed by atoms with Crippen molar-refractivity contribution in [2.45, 2.75) is 0 Å². The van der Waals surface area contributed by atoms with Gasteiger partial charge in [0.15, 0.2) is 0 Å². The summed E-state index contributed by atoms with van der Waals surface area (Å²) in [5.74, 6) is 0. The van der Waals surface area contributed by atoms with E-state index in [4.69, 9.17) is 4.42 Å². The smallest absolute Gasteiger partial charge is 0.143 e. The molecule has 11 rings (SSSR count). The van der Waals surface area contributed by atoms with Gasteiger partial charge in [0.2, 0.25) is 0 Å². The first-order valence-corrected chi connectivity index (χ1v) is 19.5. The number of hydrogen-bond acceptors (Lipinski definition) is 3. The minimum Gasteiger partial charge on any atom is -0.455 e. The monoisotopic (exact) mass is 719 g/mol. The molecule has 0 saturated heterocycles. The van der Waals surface area contributed by atoms with Crippen LogP contribution in [-0.2, 0) is 0 Å². The number of rotatable bonds is 6. The van der Waals surface area contributed by atoms with Crippen molar-refractivity contribution < 1.29 is 4.42 Å². The number of fused-ring (bicyclic) bond motifs is 8. The molecule has 2 nitrogen and oxygen atoms in total. The number of nitrogens with zero attached hydrogens (tertiary/aromatic N) is 1. The Labute approximate surface area is 322 Å². The highest BCUT2D eigenvalue weighted by Gasteiger charge is 2.19. The van der Waals surface area contributed by atoms with Gasteiger partial charge in [-0.1, -0.05) is 140 Å². The average molecular weight is 720 g/mol. The van der Waals surface area contributed by atoms with Gasteiger partial charge in [-0.05, 0) is 99.4 Å². The van der Waals surface area contributed by atoms with Crippen LogP contribution in [0.25, 0.3) is 86.3 Å². The van der Waals surface area contributed by atoms with Gasteiger partial charge in [0.05, 0.1) is 0 Å². The lowest BCUT2D eigenvalue weighted by Gasteiger charge is -2.26. The van der Waals surface area contributed by atoms with Gasteiger partial charge in [0.1, 0.15) is 11.2 Å². The van der Waals surface area contributed by atoms with Gasteiger partial charge >= 0.3 is 0 Å². The molecule has 2 aromatic heterocycles. The first-order chi connectivity index (χ1) is 27.2. The molecule has 0 radical (unpaired) electrons. The van der Waals surface area contributed by atoms with Gasteiger partial charge in [0, 0.05) is 53.4 Å². The molecule has 0 unspecified atom stereocenters. The number of benzene rings is 9. The highest BCUT2D eigenvalue weighted by molar-refractivity contribution is 7.25. The van der Waals surface area contributed by atoms with Crippen LogP contribution in [0.15, 0.2) is 205 Å². The molecule has 0 N–H and O–H groups in total. The molecular weight excluding hydrogens is 687 g/mol. The van der Waals surface area contributed by atoms with Gasteiger partial charge in [-0.3, -0.25) is 0 Å². The quantitative estimate of drug-likeness (QED) is 0.170. The minimum atomic E-state index is 0.897. The number of furan rings is 1. The van der Waals surface area contributed by atoms with Crippen molar-refractivity contribution in [1.82, 2.24) is 0 Å². The Morgan fingerprint density at radius 3 is 1.80 bits per heavy atom. The van der Waals surface area contributed by atoms with Crippen LogP contribution in [0.2, 0.25) is 0 Å². The number of anilines is 3. The Hall–Kier alpha value is -6.94. The van der Waals surface area contributed by atoms with Crippen molar-refractivity contribution in [1.29, 1.82) is 0 Å². The predicted molar refractivity (Wildman–Crippen MR) is 235 cm³/mol. The van der Waals surface area contributed by atoms with Gasteiger partial charge in [-0.15, -0.1) is 11.3 Å². The molecule has 2 heterocycles. The molecule has 0 amide bonds. The maximum atomic E-state index is 6.58. The molecule has 0 bridgehead atoms. The van der Waals surface area contributed by atoms with Gasteiger partial charge in [-0.2, -0.15) is 0 Å². The lowest BCUT2D eigenvalue weighted by molar-refractivity contribution is 0.673. The SMILES string of the molecule is c1ccc(-c2ccc(-c3ccc(N(c4cccc(-c5cccc6oc7c8ccccc8ccc7c56)c4)c4ccc5sc6ccccc6c5c4)cc3)cc2)cc1. The van der Waals surface area contributed by atoms with E-state index in [1.807, 2.05) is 11.3 Å². The summed E-state index contributed by atoms with van der Waals surface area (Å²) in [6, 6.07) is 72.2. The molecule has 0 saturated carbocycles. The fraction of sp³-hybridized carbons (Fsp3) is 0. The fourth-order valence-electron chi connectivity index (χ4n) is 8.20. The van der Waals surface area contributed by atoms with E-state index in [2.05, 4.69) is 205 Å². The largest absolute Gasteiger partial charge is 0.455 e. The van der Waals surface area contributed by atoms with Crippen LogP contribution >= 0.6 is 11.3 Å². The Bertz CT molecular complexity index is 3190. The summed E-state index contributed by atoms with van der Waals surface area (Å²) in [5.41, 5.74) is 12.2. The van der Waals surface area contributed by atoms with Crippen LogP contribution < -0.4 is 4.90 Å². The van der Waals surface area contributed by atoms with E-state index in [1.54, 1.807) is 0 Å². The van der Waals surface area contributed by atoms with Gasteiger partial charge in [-0.25, -0.2) is 0 Å². The Kier molecular flexibility index (Phi) is 7.39. The Balaban J connectivity index is 1.04. The lowest BCUT2D eigenvalue weighted by atomic mass is 9.97. The van der Waals surface area contributed by atoms with E-state index in [0.29, 0.717) is 0 Å². The van der Waals surface area contributed by atoms with E-state index in [-0.39, 0.29) is 0 Å². The summed E-state index contributed by atoms with van der Waals surface area (Å²) in [6.45, 7) is 0. The predicted octanol–water partition coefficient (Wildman–Crippen LogP) is 15.6. The van der Waals surface area contributed by atoms with Crippen LogP contribution in [0.3, 0.4) is 0 Å². The molecule has 3 heteroatoms. The molecule has 0 fully saturated rings. The second-order valence-electron chi connectivity index (χ2n) is 14.1. The fourth-order valence-corrected chi connectivity index (χ4v) is 9.28. The summed E-state index contributed by atoms with van der Waals surface area (Å²) in [6.07, 6.45) is 0. The molecule has 11 aromatic rings. The summed E-state index contributed by atoms with van der Waals surface area (Å²) in [7, 11) is 0. The van der Waals surface area contributed by atoms with Crippen LogP contribution in [-0.4, -0.2) is 0 Å². The molecule has 55 heavy (non-hydrogen) atoms. The number of thiophene rings is 1. The highest BCUT2D eigenvalue weighted by atomic mass is 32.1. The van der Waals surface area contributed by atoms with Crippen molar-refractivity contribution in [2.24, 2.45) is 0 Å². The van der Waals surface area contributed by atoms with E-state index >= 15 is 0 Å². The zero-order chi connectivity index (χ0) is 36.3. The van der Waals surface area contributed by atoms with E-state index in [9.17, 15) is 0 Å². The van der Waals surface area contributed by atoms with Crippen LogP contribution in [0.1, 0.15) is 0 Å². The van der Waals surface area contributed by atoms with Gasteiger partial charge < -0.3 is 9.32 Å². The molecule has 9 aromatic carbocycles. The van der Waals surface area contributed by atoms with Crippen LogP contribution in [0.4, 0.5) is 17.1 Å². The summed E-state index contributed by atoms with van der Waals surface area (Å²) in [4.78, 5) is 2.39. The standard InChI is InChI=1S/C52H33NOS/c1-2-10-34(11-3-1)35-20-22-36(23-21-35)37-24-27-40(28-25-37)53(42-29-31-50-47(33-42)45-16-6-7-19-49(45)55-50)41-14-8-13-39(32-41)43-17-9-18-48-51(43)46-30-26-38-12-4-5-15-44(38)52(46)54-48/h1-33H. The third kappa shape index (κ3) is 5.40. The van der Waals surface area contributed by atoms with Crippen molar-refractivity contribution in [3.8, 4) is 33.4 Å². The topological polar surface area (TPSA) is 16.4 Å². The normalized spacial score (nSPS) is 11.6. The second kappa shape index (κ2) is 12.9. The van der Waals surface area contributed by atoms with Crippen molar-refractivity contribution in [2.75, 3.05) is 4.90 Å². The van der Waals surface area contributed by atoms with E-state index in [1.165, 1.54) is 47.8 Å². The molecule has 0 aliphatic carbocycles. The zero-order valence-electron chi connectivity index (χ0n) is 29.8. The first-order valence-electron chi connectivity index (χ1n) is 18.7. The lowest BCUT2D eigenvalue weighted by Crippen LogP contribution is -2.10. The summed E-state index contributed by atoms with van der Waals surface area (Å²) in [5, 5.41) is 7.15. The molecular formula is C52H33NOS. The van der Waals surface area contributed by atoms with Crippen molar-refractivity contribution in [3.63, 3.8) is 0 Å². The van der Waals surface area contributed by atoms with Crippen LogP contribution in [0.5, 0.6) is 0 Å². The second-order valence-corrected chi connectivity index (χ2v) is 15.2. The maximum Gasteiger partial charge on any atom is 0.143 e. The highest BCUT2D eigenvalue weighted by Crippen LogP contribution is 2.44. The molecule has 258 valence electrons. The molecule has 0 atom stereocenters. The Morgan fingerprint density at radius 2 is 0.982 bits per heavy atom. The third-order valence-corrected chi connectivity index (χ3v) is 12.0. The summed E-state index contributed by atoms with van der Waals surface area (Å²) >= 11 is 1.85. The van der Waals surface area contributed by atoms with Gasteiger partial charge in [0.25, 0.3) is 0 Å².